The molecule has 1 spiro atoms. The number of ether oxygens (including phenoxy) is 2. The van der Waals surface area contributed by atoms with Crippen LogP contribution in [-0.2, 0) is 22.6 Å². The van der Waals surface area contributed by atoms with Gasteiger partial charge in [-0.2, -0.15) is 0 Å². The highest BCUT2D eigenvalue weighted by Gasteiger charge is 2.44. The molecule has 0 amide bonds. The monoisotopic (exact) mass is 487 g/mol. The van der Waals surface area contributed by atoms with Gasteiger partial charge in [-0.1, -0.05) is 42.5 Å². The zero-order valence-corrected chi connectivity index (χ0v) is 19.9. The van der Waals surface area contributed by atoms with Gasteiger partial charge >= 0.3 is 0 Å². The molecular weight excluding hydrogens is 461 g/mol. The molecule has 6 rings (SSSR count). The zero-order chi connectivity index (χ0) is 24.7. The predicted octanol–water partition coefficient (Wildman–Crippen LogP) is 4.23. The maximum atomic E-state index is 13.7. The number of fused-ring (bicyclic) bond motifs is 1. The third-order valence-electron chi connectivity index (χ3n) is 6.71. The summed E-state index contributed by atoms with van der Waals surface area (Å²) >= 11 is 0. The molecule has 36 heavy (non-hydrogen) atoms. The number of halogens is 1. The van der Waals surface area contributed by atoms with E-state index in [4.69, 9.17) is 14.5 Å². The van der Waals surface area contributed by atoms with Crippen molar-refractivity contribution in [3.8, 4) is 22.5 Å². The Balaban J connectivity index is 1.44. The highest BCUT2D eigenvalue weighted by atomic mass is 19.1. The molecule has 0 saturated carbocycles. The second kappa shape index (κ2) is 9.00. The Morgan fingerprint density at radius 2 is 1.72 bits per heavy atom. The summed E-state index contributed by atoms with van der Waals surface area (Å²) in [6.07, 6.45) is 2.49. The van der Waals surface area contributed by atoms with Gasteiger partial charge in [-0.05, 0) is 42.7 Å². The quantitative estimate of drug-likeness (QED) is 0.454. The zero-order valence-electron chi connectivity index (χ0n) is 19.9. The van der Waals surface area contributed by atoms with Crippen molar-refractivity contribution in [2.45, 2.75) is 38.3 Å². The van der Waals surface area contributed by atoms with Gasteiger partial charge in [-0.15, -0.1) is 0 Å². The summed E-state index contributed by atoms with van der Waals surface area (Å²) in [7, 11) is 0. The second-order valence-electron chi connectivity index (χ2n) is 9.15. The number of aromatic nitrogens is 4. The summed E-state index contributed by atoms with van der Waals surface area (Å²) in [6, 6.07) is 17.7. The maximum absolute atomic E-state index is 13.7. The Morgan fingerprint density at radius 3 is 2.47 bits per heavy atom. The fourth-order valence-corrected chi connectivity index (χ4v) is 4.93. The second-order valence-corrected chi connectivity index (χ2v) is 9.15. The summed E-state index contributed by atoms with van der Waals surface area (Å²) in [5, 5.41) is 3.35. The summed E-state index contributed by atoms with van der Waals surface area (Å²) in [5.41, 5.74) is 3.19. The largest absolute Gasteiger partial charge is 0.348 e. The van der Waals surface area contributed by atoms with Gasteiger partial charge in [0.15, 0.2) is 0 Å². The fourth-order valence-electron chi connectivity index (χ4n) is 4.93. The van der Waals surface area contributed by atoms with E-state index in [1.807, 2.05) is 41.9 Å². The molecule has 1 N–H and O–H groups in total. The number of anilines is 1. The summed E-state index contributed by atoms with van der Waals surface area (Å²) in [4.78, 5) is 22.9. The maximum Gasteiger partial charge on any atom is 0.275 e. The lowest BCUT2D eigenvalue weighted by atomic mass is 10.0. The van der Waals surface area contributed by atoms with Gasteiger partial charge in [-0.25, -0.2) is 19.0 Å². The lowest BCUT2D eigenvalue weighted by Gasteiger charge is -2.32. The first-order chi connectivity index (χ1) is 17.5. The first-order valence-corrected chi connectivity index (χ1v) is 12.1. The Kier molecular flexibility index (Phi) is 5.66. The van der Waals surface area contributed by atoms with E-state index >= 15 is 0 Å². The number of hydrogen-bond donors (Lipinski definition) is 1. The Hall–Kier alpha value is -3.82. The summed E-state index contributed by atoms with van der Waals surface area (Å²) in [6.45, 7) is 3.84. The number of nitrogens with zero attached hydrogens (tertiary/aromatic N) is 4. The van der Waals surface area contributed by atoms with Crippen LogP contribution in [0.3, 0.4) is 0 Å². The molecule has 9 heteroatoms. The minimum atomic E-state index is -0.872. The summed E-state index contributed by atoms with van der Waals surface area (Å²) in [5.74, 6) is -0.790. The molecule has 2 aliphatic heterocycles. The van der Waals surface area contributed by atoms with Crippen molar-refractivity contribution in [1.29, 1.82) is 0 Å². The van der Waals surface area contributed by atoms with Crippen molar-refractivity contribution in [2.24, 2.45) is 0 Å². The molecule has 2 aromatic carbocycles. The lowest BCUT2D eigenvalue weighted by Crippen LogP contribution is -2.43. The van der Waals surface area contributed by atoms with Gasteiger partial charge in [0.05, 0.1) is 49.3 Å². The molecule has 0 bridgehead atoms. The van der Waals surface area contributed by atoms with E-state index in [9.17, 15) is 9.18 Å². The van der Waals surface area contributed by atoms with Gasteiger partial charge in [0.25, 0.3) is 5.56 Å². The average Bonchev–Trinajstić information content (AvgIpc) is 3.38. The van der Waals surface area contributed by atoms with Crippen LogP contribution in [0.1, 0.15) is 24.9 Å². The van der Waals surface area contributed by atoms with E-state index in [1.54, 1.807) is 29.1 Å². The Morgan fingerprint density at radius 1 is 1.00 bits per heavy atom. The topological polar surface area (TPSA) is 83.2 Å². The fraction of sp³-hybridized carbons (Fsp3) is 0.296. The standard InChI is InChI=1S/C27H26FN5O3/c1-18(19-6-3-2-4-7-19)30-26-29-13-12-22(31-26)24-23(20-8-10-21(28)11-9-20)25(34)33-17-27(16-32(24)33)35-14-5-15-36-27/h2-4,6-13,18H,5,14-17H2,1H3,(H,29,30,31)/t18-/m0/s1. The van der Waals surface area contributed by atoms with Gasteiger partial charge < -0.3 is 14.8 Å². The van der Waals surface area contributed by atoms with Gasteiger partial charge in [0, 0.05) is 6.20 Å². The van der Waals surface area contributed by atoms with Gasteiger partial charge in [0.1, 0.15) is 5.82 Å². The molecule has 0 unspecified atom stereocenters. The van der Waals surface area contributed by atoms with Crippen molar-refractivity contribution in [1.82, 2.24) is 19.3 Å². The molecule has 0 radical (unpaired) electrons. The third-order valence-corrected chi connectivity index (χ3v) is 6.71. The van der Waals surface area contributed by atoms with E-state index in [0.717, 1.165) is 12.0 Å². The summed E-state index contributed by atoms with van der Waals surface area (Å²) < 4.78 is 29.2. The van der Waals surface area contributed by atoms with Crippen LogP contribution in [0.25, 0.3) is 22.5 Å². The van der Waals surface area contributed by atoms with E-state index in [1.165, 1.54) is 12.1 Å². The Labute approximate surface area is 207 Å². The highest BCUT2D eigenvalue weighted by Crippen LogP contribution is 2.36. The van der Waals surface area contributed by atoms with Crippen LogP contribution in [0.2, 0.25) is 0 Å². The predicted molar refractivity (Wildman–Crippen MR) is 133 cm³/mol. The molecule has 1 saturated heterocycles. The third kappa shape index (κ3) is 4.00. The Bertz CT molecular complexity index is 1440. The molecule has 4 aromatic rings. The van der Waals surface area contributed by atoms with Crippen LogP contribution in [0.5, 0.6) is 0 Å². The van der Waals surface area contributed by atoms with Crippen LogP contribution < -0.4 is 10.9 Å². The van der Waals surface area contributed by atoms with E-state index in [2.05, 4.69) is 10.3 Å². The van der Waals surface area contributed by atoms with Crippen molar-refractivity contribution in [3.63, 3.8) is 0 Å². The van der Waals surface area contributed by atoms with Crippen molar-refractivity contribution in [3.05, 3.63) is 88.6 Å². The SMILES string of the molecule is C[C@H](Nc1nccc(-c2c(-c3ccc(F)cc3)c(=O)n3n2CC2(C3)OCCCO2)n1)c1ccccc1. The number of benzene rings is 2. The highest BCUT2D eigenvalue weighted by molar-refractivity contribution is 5.79. The lowest BCUT2D eigenvalue weighted by molar-refractivity contribution is -0.267. The van der Waals surface area contributed by atoms with E-state index in [-0.39, 0.29) is 24.0 Å². The molecule has 2 aromatic heterocycles. The molecule has 1 fully saturated rings. The molecule has 2 aliphatic rings. The average molecular weight is 488 g/mol. The van der Waals surface area contributed by atoms with Crippen molar-refractivity contribution < 1.29 is 13.9 Å². The van der Waals surface area contributed by atoms with Crippen LogP contribution in [0.4, 0.5) is 10.3 Å². The molecule has 0 aliphatic carbocycles. The molecule has 4 heterocycles. The van der Waals surface area contributed by atoms with Gasteiger partial charge in [0.2, 0.25) is 11.7 Å². The molecule has 184 valence electrons. The minimum Gasteiger partial charge on any atom is -0.348 e. The molecule has 8 nitrogen and oxygen atoms in total. The van der Waals surface area contributed by atoms with E-state index in [0.29, 0.717) is 48.2 Å². The number of hydrogen-bond acceptors (Lipinski definition) is 6. The first kappa shape index (κ1) is 22.6. The van der Waals surface area contributed by atoms with Crippen LogP contribution in [0.15, 0.2) is 71.7 Å². The van der Waals surface area contributed by atoms with E-state index < -0.39 is 5.79 Å². The van der Waals surface area contributed by atoms with Crippen molar-refractivity contribution >= 4 is 5.95 Å². The first-order valence-electron chi connectivity index (χ1n) is 12.1. The number of rotatable bonds is 5. The number of nitrogens with one attached hydrogen (secondary N) is 1. The minimum absolute atomic E-state index is 0.0206. The van der Waals surface area contributed by atoms with Crippen LogP contribution in [0, 0.1) is 5.82 Å². The van der Waals surface area contributed by atoms with Crippen molar-refractivity contribution in [2.75, 3.05) is 18.5 Å². The normalized spacial score (nSPS) is 17.2. The molecule has 1 atom stereocenters. The van der Waals surface area contributed by atoms with Gasteiger partial charge in [-0.3, -0.25) is 9.48 Å². The van der Waals surface area contributed by atoms with Crippen LogP contribution >= 0.6 is 0 Å². The molecular formula is C27H26FN5O3. The smallest absolute Gasteiger partial charge is 0.275 e. The van der Waals surface area contributed by atoms with Crippen LogP contribution in [-0.4, -0.2) is 38.3 Å².